The molecule has 0 heterocycles. The molecule has 2 rings (SSSR count). The van der Waals surface area contributed by atoms with Gasteiger partial charge in [0.1, 0.15) is 16.4 Å². The van der Waals surface area contributed by atoms with Crippen molar-refractivity contribution in [1.82, 2.24) is 0 Å². The molecule has 0 aliphatic heterocycles. The van der Waals surface area contributed by atoms with Crippen molar-refractivity contribution in [2.75, 3.05) is 5.73 Å². The van der Waals surface area contributed by atoms with Gasteiger partial charge in [0.05, 0.1) is 0 Å². The first-order chi connectivity index (χ1) is 9.40. The number of sulfonamides is 1. The van der Waals surface area contributed by atoms with Crippen molar-refractivity contribution in [2.45, 2.75) is 18.2 Å². The van der Waals surface area contributed by atoms with Crippen molar-refractivity contribution in [3.8, 4) is 11.5 Å². The van der Waals surface area contributed by atoms with Gasteiger partial charge in [-0.1, -0.05) is 19.1 Å². The van der Waals surface area contributed by atoms with Crippen LogP contribution in [0.4, 0.5) is 5.69 Å². The number of anilines is 1. The summed E-state index contributed by atoms with van der Waals surface area (Å²) in [7, 11) is -3.90. The molecule has 0 aliphatic rings. The van der Waals surface area contributed by atoms with Crippen molar-refractivity contribution in [3.63, 3.8) is 0 Å². The fraction of sp³-hybridized carbons (Fsp3) is 0.143. The van der Waals surface area contributed by atoms with Gasteiger partial charge in [-0.2, -0.15) is 0 Å². The van der Waals surface area contributed by atoms with Gasteiger partial charge in [-0.25, -0.2) is 13.6 Å². The Labute approximate surface area is 118 Å². The highest BCUT2D eigenvalue weighted by atomic mass is 32.2. The molecule has 6 heteroatoms. The summed E-state index contributed by atoms with van der Waals surface area (Å²) in [5.41, 5.74) is 6.99. The Morgan fingerprint density at radius 1 is 1.15 bits per heavy atom. The average molecular weight is 292 g/mol. The number of hydrogen-bond acceptors (Lipinski definition) is 4. The maximum absolute atomic E-state index is 11.6. The molecule has 0 saturated heterocycles. The van der Waals surface area contributed by atoms with E-state index in [1.54, 1.807) is 12.1 Å². The molecule has 0 unspecified atom stereocenters. The summed E-state index contributed by atoms with van der Waals surface area (Å²) in [5, 5.41) is 5.17. The number of rotatable bonds is 4. The summed E-state index contributed by atoms with van der Waals surface area (Å²) in [4.78, 5) is -0.126. The highest BCUT2D eigenvalue weighted by Gasteiger charge is 2.16. The second-order valence-corrected chi connectivity index (χ2v) is 5.88. The third kappa shape index (κ3) is 3.28. The third-order valence-corrected chi connectivity index (χ3v) is 3.74. The standard InChI is InChI=1S/C14H16N2O3S/c1-2-10-4-3-5-12(8-10)19-13-7-6-11(15)9-14(13)20(16,17)18/h3-9H,2,15H2,1H3,(H2,16,17,18). The highest BCUT2D eigenvalue weighted by molar-refractivity contribution is 7.89. The van der Waals surface area contributed by atoms with Crippen LogP contribution in [-0.4, -0.2) is 8.42 Å². The van der Waals surface area contributed by atoms with Crippen LogP contribution in [0.2, 0.25) is 0 Å². The molecule has 0 aliphatic carbocycles. The molecule has 0 fully saturated rings. The molecule has 0 aromatic heterocycles. The molecule has 20 heavy (non-hydrogen) atoms. The Balaban J connectivity index is 2.43. The monoisotopic (exact) mass is 292 g/mol. The van der Waals surface area contributed by atoms with Gasteiger partial charge < -0.3 is 10.5 Å². The molecule has 0 amide bonds. The molecular formula is C14H16N2O3S. The molecule has 2 aromatic rings. The van der Waals surface area contributed by atoms with Crippen LogP contribution >= 0.6 is 0 Å². The number of ether oxygens (including phenoxy) is 1. The quantitative estimate of drug-likeness (QED) is 0.845. The summed E-state index contributed by atoms with van der Waals surface area (Å²) in [6.45, 7) is 2.03. The Hall–Kier alpha value is -2.05. The molecule has 4 N–H and O–H groups in total. The second kappa shape index (κ2) is 5.52. The van der Waals surface area contributed by atoms with E-state index in [0.717, 1.165) is 12.0 Å². The molecule has 0 spiro atoms. The van der Waals surface area contributed by atoms with Crippen LogP contribution in [0, 0.1) is 0 Å². The first-order valence-corrected chi connectivity index (χ1v) is 7.64. The predicted molar refractivity (Wildman–Crippen MR) is 78.1 cm³/mol. The number of primary sulfonamides is 1. The fourth-order valence-electron chi connectivity index (χ4n) is 1.79. The Bertz CT molecular complexity index is 727. The SMILES string of the molecule is CCc1cccc(Oc2ccc(N)cc2S(N)(=O)=O)c1. The van der Waals surface area contributed by atoms with E-state index in [-0.39, 0.29) is 10.6 Å². The molecule has 106 valence electrons. The summed E-state index contributed by atoms with van der Waals surface area (Å²) in [5.74, 6) is 0.717. The number of nitrogens with two attached hydrogens (primary N) is 2. The summed E-state index contributed by atoms with van der Waals surface area (Å²) in [6, 6.07) is 11.8. The molecule has 0 atom stereocenters. The van der Waals surface area contributed by atoms with Crippen molar-refractivity contribution >= 4 is 15.7 Å². The van der Waals surface area contributed by atoms with Crippen LogP contribution in [-0.2, 0) is 16.4 Å². The normalized spacial score (nSPS) is 11.3. The van der Waals surface area contributed by atoms with Gasteiger partial charge in [0, 0.05) is 5.69 Å². The highest BCUT2D eigenvalue weighted by Crippen LogP contribution is 2.30. The van der Waals surface area contributed by atoms with E-state index in [4.69, 9.17) is 15.6 Å². The van der Waals surface area contributed by atoms with Crippen LogP contribution < -0.4 is 15.6 Å². The van der Waals surface area contributed by atoms with Gasteiger partial charge in [0.25, 0.3) is 0 Å². The third-order valence-electron chi connectivity index (χ3n) is 2.81. The van der Waals surface area contributed by atoms with Crippen LogP contribution in [0.3, 0.4) is 0 Å². The zero-order valence-electron chi connectivity index (χ0n) is 11.0. The zero-order valence-corrected chi connectivity index (χ0v) is 11.9. The second-order valence-electron chi connectivity index (χ2n) is 4.35. The summed E-state index contributed by atoms with van der Waals surface area (Å²) >= 11 is 0. The minimum atomic E-state index is -3.90. The Morgan fingerprint density at radius 3 is 2.55 bits per heavy atom. The average Bonchev–Trinajstić information content (AvgIpc) is 2.40. The van der Waals surface area contributed by atoms with E-state index in [1.165, 1.54) is 12.1 Å². The minimum absolute atomic E-state index is 0.126. The largest absolute Gasteiger partial charge is 0.456 e. The zero-order chi connectivity index (χ0) is 14.8. The fourth-order valence-corrected chi connectivity index (χ4v) is 2.48. The number of nitrogen functional groups attached to an aromatic ring is 1. The lowest BCUT2D eigenvalue weighted by Crippen LogP contribution is -2.13. The smallest absolute Gasteiger partial charge is 0.241 e. The lowest BCUT2D eigenvalue weighted by molar-refractivity contribution is 0.467. The maximum atomic E-state index is 11.6. The topological polar surface area (TPSA) is 95.4 Å². The minimum Gasteiger partial charge on any atom is -0.456 e. The number of hydrogen-bond donors (Lipinski definition) is 2. The molecule has 2 aromatic carbocycles. The summed E-state index contributed by atoms with van der Waals surface area (Å²) in [6.07, 6.45) is 0.862. The lowest BCUT2D eigenvalue weighted by Gasteiger charge is -2.11. The van der Waals surface area contributed by atoms with Gasteiger partial charge in [-0.15, -0.1) is 0 Å². The molecule has 0 radical (unpaired) electrons. The Kier molecular flexibility index (Phi) is 3.96. The predicted octanol–water partition coefficient (Wildman–Crippen LogP) is 2.27. The molecule has 0 saturated carbocycles. The first-order valence-electron chi connectivity index (χ1n) is 6.09. The molecular weight excluding hydrogens is 276 g/mol. The van der Waals surface area contributed by atoms with Gasteiger partial charge in [-0.3, -0.25) is 0 Å². The summed E-state index contributed by atoms with van der Waals surface area (Å²) < 4.78 is 28.7. The van der Waals surface area contributed by atoms with Crippen molar-refractivity contribution in [3.05, 3.63) is 48.0 Å². The molecule has 5 nitrogen and oxygen atoms in total. The van der Waals surface area contributed by atoms with Gasteiger partial charge >= 0.3 is 0 Å². The van der Waals surface area contributed by atoms with E-state index in [0.29, 0.717) is 11.4 Å². The number of aryl methyl sites for hydroxylation is 1. The van der Waals surface area contributed by atoms with E-state index in [1.807, 2.05) is 25.1 Å². The van der Waals surface area contributed by atoms with E-state index in [9.17, 15) is 8.42 Å². The first kappa shape index (κ1) is 14.4. The van der Waals surface area contributed by atoms with Gasteiger partial charge in [0.2, 0.25) is 10.0 Å². The van der Waals surface area contributed by atoms with Crippen LogP contribution in [0.25, 0.3) is 0 Å². The van der Waals surface area contributed by atoms with Crippen molar-refractivity contribution in [1.29, 1.82) is 0 Å². The lowest BCUT2D eigenvalue weighted by atomic mass is 10.2. The van der Waals surface area contributed by atoms with E-state index >= 15 is 0 Å². The maximum Gasteiger partial charge on any atom is 0.241 e. The van der Waals surface area contributed by atoms with Crippen LogP contribution in [0.5, 0.6) is 11.5 Å². The van der Waals surface area contributed by atoms with Crippen molar-refractivity contribution < 1.29 is 13.2 Å². The van der Waals surface area contributed by atoms with Gasteiger partial charge in [-0.05, 0) is 42.3 Å². The Morgan fingerprint density at radius 2 is 1.90 bits per heavy atom. The molecule has 0 bridgehead atoms. The van der Waals surface area contributed by atoms with Crippen LogP contribution in [0.15, 0.2) is 47.4 Å². The van der Waals surface area contributed by atoms with Gasteiger partial charge in [0.15, 0.2) is 0 Å². The van der Waals surface area contributed by atoms with Crippen LogP contribution in [0.1, 0.15) is 12.5 Å². The van der Waals surface area contributed by atoms with Crippen molar-refractivity contribution in [2.24, 2.45) is 5.14 Å². The van der Waals surface area contributed by atoms with E-state index < -0.39 is 10.0 Å². The number of benzene rings is 2. The van der Waals surface area contributed by atoms with E-state index in [2.05, 4.69) is 0 Å².